The largest absolute Gasteiger partial charge is 0.497 e. The van der Waals surface area contributed by atoms with E-state index in [9.17, 15) is 13.2 Å². The molecule has 0 bridgehead atoms. The fourth-order valence-corrected chi connectivity index (χ4v) is 4.94. The highest BCUT2D eigenvalue weighted by molar-refractivity contribution is 8.19. The number of hydrogen-bond acceptors (Lipinski definition) is 6. The Kier molecular flexibility index (Phi) is 6.29. The zero-order valence-corrected chi connectivity index (χ0v) is 17.8. The van der Waals surface area contributed by atoms with Crippen molar-refractivity contribution in [1.82, 2.24) is 4.90 Å². The van der Waals surface area contributed by atoms with Gasteiger partial charge in [-0.15, -0.1) is 4.40 Å². The van der Waals surface area contributed by atoms with Crippen LogP contribution in [0.5, 0.6) is 11.5 Å². The van der Waals surface area contributed by atoms with Crippen molar-refractivity contribution in [2.24, 2.45) is 4.40 Å². The minimum atomic E-state index is -3.92. The van der Waals surface area contributed by atoms with E-state index in [1.54, 1.807) is 56.5 Å². The van der Waals surface area contributed by atoms with Gasteiger partial charge in [0.2, 0.25) is 0 Å². The van der Waals surface area contributed by atoms with Gasteiger partial charge in [0.05, 0.1) is 24.0 Å². The van der Waals surface area contributed by atoms with Gasteiger partial charge in [-0.05, 0) is 49.0 Å². The number of benzene rings is 2. The van der Waals surface area contributed by atoms with Gasteiger partial charge in [-0.2, -0.15) is 8.42 Å². The summed E-state index contributed by atoms with van der Waals surface area (Å²) in [6, 6.07) is 13.1. The van der Waals surface area contributed by atoms with E-state index >= 15 is 0 Å². The molecule has 7 nitrogen and oxygen atoms in total. The van der Waals surface area contributed by atoms with Gasteiger partial charge in [-0.25, -0.2) is 0 Å². The van der Waals surface area contributed by atoms with Crippen LogP contribution in [0.2, 0.25) is 0 Å². The average Bonchev–Trinajstić information content (AvgIpc) is 3.02. The summed E-state index contributed by atoms with van der Waals surface area (Å²) < 4.78 is 39.7. The molecule has 0 saturated carbocycles. The monoisotopic (exact) mass is 432 g/mol. The molecular weight excluding hydrogens is 412 g/mol. The van der Waals surface area contributed by atoms with E-state index in [0.29, 0.717) is 28.5 Å². The Balaban J connectivity index is 1.99. The fraction of sp³-hybridized carbons (Fsp3) is 0.200. The Labute approximate surface area is 174 Å². The van der Waals surface area contributed by atoms with Crippen molar-refractivity contribution in [1.29, 1.82) is 0 Å². The molecule has 0 unspecified atom stereocenters. The molecule has 1 fully saturated rings. The van der Waals surface area contributed by atoms with Gasteiger partial charge in [0.25, 0.3) is 15.9 Å². The third-order valence-corrected chi connectivity index (χ3v) is 6.57. The number of thioether (sulfide) groups is 1. The third kappa shape index (κ3) is 4.46. The minimum absolute atomic E-state index is 0.0749. The second kappa shape index (κ2) is 8.71. The van der Waals surface area contributed by atoms with Crippen molar-refractivity contribution in [2.75, 3.05) is 20.8 Å². The molecule has 1 aliphatic rings. The van der Waals surface area contributed by atoms with Crippen LogP contribution in [0.3, 0.4) is 0 Å². The van der Waals surface area contributed by atoms with E-state index in [0.717, 1.165) is 11.8 Å². The molecule has 0 spiro atoms. The predicted molar refractivity (Wildman–Crippen MR) is 114 cm³/mol. The van der Waals surface area contributed by atoms with Crippen LogP contribution >= 0.6 is 11.8 Å². The minimum Gasteiger partial charge on any atom is -0.497 e. The van der Waals surface area contributed by atoms with E-state index in [4.69, 9.17) is 9.47 Å². The smallest absolute Gasteiger partial charge is 0.284 e. The van der Waals surface area contributed by atoms with E-state index in [1.165, 1.54) is 24.1 Å². The van der Waals surface area contributed by atoms with Crippen molar-refractivity contribution in [3.8, 4) is 11.5 Å². The molecular formula is C20H20N2O5S2. The lowest BCUT2D eigenvalue weighted by Crippen LogP contribution is -2.29. The highest BCUT2D eigenvalue weighted by Crippen LogP contribution is 2.35. The number of nitrogens with zero attached hydrogens (tertiary/aromatic N) is 2. The maximum Gasteiger partial charge on any atom is 0.284 e. The van der Waals surface area contributed by atoms with Crippen molar-refractivity contribution in [2.45, 2.75) is 11.8 Å². The molecule has 1 aliphatic heterocycles. The molecule has 1 heterocycles. The standard InChI is InChI=1S/C20H20N2O5S2/c1-4-22-19(23)18(12-14-10-11-15(26-2)13-17(14)27-3)28-20(22)21-29(24,25)16-8-6-5-7-9-16/h5-13H,4H2,1-3H3. The topological polar surface area (TPSA) is 85.3 Å². The van der Waals surface area contributed by atoms with Crippen LogP contribution in [0.4, 0.5) is 0 Å². The summed E-state index contributed by atoms with van der Waals surface area (Å²) in [5, 5.41) is 0.125. The first kappa shape index (κ1) is 20.9. The number of amides is 1. The third-order valence-electron chi connectivity index (χ3n) is 4.17. The van der Waals surface area contributed by atoms with Gasteiger partial charge in [0.15, 0.2) is 5.17 Å². The Hall–Kier alpha value is -2.78. The van der Waals surface area contributed by atoms with Crippen LogP contribution in [0.1, 0.15) is 12.5 Å². The number of carbonyl (C=O) groups is 1. The summed E-state index contributed by atoms with van der Waals surface area (Å²) >= 11 is 1.02. The summed E-state index contributed by atoms with van der Waals surface area (Å²) in [6.45, 7) is 2.06. The maximum atomic E-state index is 12.8. The van der Waals surface area contributed by atoms with Gasteiger partial charge in [0.1, 0.15) is 11.5 Å². The first-order chi connectivity index (χ1) is 13.9. The second-order valence-electron chi connectivity index (χ2n) is 5.93. The molecule has 29 heavy (non-hydrogen) atoms. The van der Waals surface area contributed by atoms with Crippen LogP contribution in [0.25, 0.3) is 6.08 Å². The molecule has 0 N–H and O–H groups in total. The highest BCUT2D eigenvalue weighted by Gasteiger charge is 2.34. The SMILES string of the molecule is CCN1C(=O)C(=Cc2ccc(OC)cc2OC)SC1=NS(=O)(=O)c1ccccc1. The molecule has 9 heteroatoms. The van der Waals surface area contributed by atoms with Crippen LogP contribution in [-0.4, -0.2) is 45.2 Å². The number of likely N-dealkylation sites (N-methyl/N-ethyl adjacent to an activating group) is 1. The van der Waals surface area contributed by atoms with Gasteiger partial charge in [-0.1, -0.05) is 18.2 Å². The molecule has 1 saturated heterocycles. The van der Waals surface area contributed by atoms with E-state index in [1.807, 2.05) is 0 Å². The number of hydrogen-bond donors (Lipinski definition) is 0. The lowest BCUT2D eigenvalue weighted by atomic mass is 10.1. The molecule has 0 atom stereocenters. The number of carbonyl (C=O) groups excluding carboxylic acids is 1. The van der Waals surface area contributed by atoms with Crippen LogP contribution in [0, 0.1) is 0 Å². The molecule has 2 aromatic carbocycles. The predicted octanol–water partition coefficient (Wildman–Crippen LogP) is 3.38. The number of rotatable bonds is 6. The Morgan fingerprint density at radius 2 is 1.83 bits per heavy atom. The summed E-state index contributed by atoms with van der Waals surface area (Å²) in [4.78, 5) is 14.6. The van der Waals surface area contributed by atoms with E-state index < -0.39 is 10.0 Å². The molecule has 152 valence electrons. The van der Waals surface area contributed by atoms with Crippen molar-refractivity contribution >= 4 is 38.9 Å². The Morgan fingerprint density at radius 1 is 1.10 bits per heavy atom. The van der Waals surface area contributed by atoms with Gasteiger partial charge in [-0.3, -0.25) is 9.69 Å². The molecule has 0 aliphatic carbocycles. The lowest BCUT2D eigenvalue weighted by molar-refractivity contribution is -0.122. The molecule has 0 aromatic heterocycles. The van der Waals surface area contributed by atoms with Crippen molar-refractivity contribution in [3.05, 3.63) is 59.0 Å². The maximum absolute atomic E-state index is 12.8. The summed E-state index contributed by atoms with van der Waals surface area (Å²) in [6.07, 6.45) is 1.66. The lowest BCUT2D eigenvalue weighted by Gasteiger charge is -2.12. The number of ether oxygens (including phenoxy) is 2. The summed E-state index contributed by atoms with van der Waals surface area (Å²) in [7, 11) is -0.844. The fourth-order valence-electron chi connectivity index (χ4n) is 2.68. The molecule has 1 amide bonds. The van der Waals surface area contributed by atoms with Gasteiger partial charge >= 0.3 is 0 Å². The number of methoxy groups -OCH3 is 2. The quantitative estimate of drug-likeness (QED) is 0.651. The first-order valence-electron chi connectivity index (χ1n) is 8.73. The van der Waals surface area contributed by atoms with Crippen LogP contribution < -0.4 is 9.47 Å². The highest BCUT2D eigenvalue weighted by atomic mass is 32.2. The molecule has 3 rings (SSSR count). The molecule has 0 radical (unpaired) electrons. The van der Waals surface area contributed by atoms with Crippen LogP contribution in [-0.2, 0) is 14.8 Å². The van der Waals surface area contributed by atoms with Crippen LogP contribution in [0.15, 0.2) is 62.7 Å². The van der Waals surface area contributed by atoms with Crippen molar-refractivity contribution in [3.63, 3.8) is 0 Å². The van der Waals surface area contributed by atoms with Crippen molar-refractivity contribution < 1.29 is 22.7 Å². The van der Waals surface area contributed by atoms with E-state index in [2.05, 4.69) is 4.40 Å². The zero-order chi connectivity index (χ0) is 21.0. The summed E-state index contributed by atoms with van der Waals surface area (Å²) in [5.41, 5.74) is 0.673. The number of sulfonamides is 1. The molecule has 2 aromatic rings. The summed E-state index contributed by atoms with van der Waals surface area (Å²) in [5.74, 6) is 0.855. The number of amidine groups is 1. The average molecular weight is 433 g/mol. The van der Waals surface area contributed by atoms with E-state index in [-0.39, 0.29) is 16.0 Å². The van der Waals surface area contributed by atoms with Gasteiger partial charge in [0, 0.05) is 18.2 Å². The normalized spacial score (nSPS) is 17.2. The first-order valence-corrected chi connectivity index (χ1v) is 11.0. The Morgan fingerprint density at radius 3 is 2.45 bits per heavy atom. The van der Waals surface area contributed by atoms with Gasteiger partial charge < -0.3 is 9.47 Å². The second-order valence-corrected chi connectivity index (χ2v) is 8.54. The Bertz CT molecular complexity index is 1080. The zero-order valence-electron chi connectivity index (χ0n) is 16.2.